The van der Waals surface area contributed by atoms with Crippen molar-refractivity contribution in [3.63, 3.8) is 0 Å². The van der Waals surface area contributed by atoms with Crippen LogP contribution in [0.2, 0.25) is 0 Å². The zero-order chi connectivity index (χ0) is 26.1. The Hall–Kier alpha value is -4.27. The molecule has 0 unspecified atom stereocenters. The number of hydrogen-bond donors (Lipinski definition) is 4. The molecule has 190 valence electrons. The summed E-state index contributed by atoms with van der Waals surface area (Å²) in [7, 11) is 0. The molecule has 2 amide bonds. The van der Waals surface area contributed by atoms with Crippen LogP contribution in [0.15, 0.2) is 55.4 Å². The summed E-state index contributed by atoms with van der Waals surface area (Å²) in [5.41, 5.74) is 3.61. The van der Waals surface area contributed by atoms with E-state index in [1.54, 1.807) is 12.3 Å². The second-order valence-corrected chi connectivity index (χ2v) is 10.2. The molecule has 0 atom stereocenters. The maximum Gasteiger partial charge on any atom is 0.256 e. The van der Waals surface area contributed by atoms with Crippen molar-refractivity contribution in [2.75, 3.05) is 22.5 Å². The molecule has 1 aromatic carbocycles. The van der Waals surface area contributed by atoms with Crippen LogP contribution in [0.1, 0.15) is 59.1 Å². The SMILES string of the molecule is C=CCNC(=O)c1cnc(Nc2ccc3c(c2)NC(=O)C3(C)C)nc1Nc1ccnc(C(C)(C)C)c1.[HH].[HH]. The number of hydrogen-bond acceptors (Lipinski definition) is 7. The average Bonchev–Trinajstić information content (AvgIpc) is 3.04. The van der Waals surface area contributed by atoms with E-state index in [1.165, 1.54) is 6.20 Å². The molecule has 9 heteroatoms. The van der Waals surface area contributed by atoms with Crippen molar-refractivity contribution in [2.45, 2.75) is 45.4 Å². The summed E-state index contributed by atoms with van der Waals surface area (Å²) in [5.74, 6) is 0.276. The Morgan fingerprint density at radius 2 is 1.89 bits per heavy atom. The molecule has 0 aliphatic carbocycles. The molecule has 4 N–H and O–H groups in total. The maximum absolute atomic E-state index is 12.8. The van der Waals surface area contributed by atoms with Crippen LogP contribution in [-0.2, 0) is 15.6 Å². The molecule has 36 heavy (non-hydrogen) atoms. The van der Waals surface area contributed by atoms with Gasteiger partial charge in [0.15, 0.2) is 0 Å². The number of carbonyl (C=O) groups excluding carboxylic acids is 2. The van der Waals surface area contributed by atoms with E-state index in [-0.39, 0.29) is 20.1 Å². The van der Waals surface area contributed by atoms with Gasteiger partial charge in [-0.25, -0.2) is 4.98 Å². The average molecular weight is 490 g/mol. The number of aromatic nitrogens is 3. The highest BCUT2D eigenvalue weighted by Gasteiger charge is 2.38. The molecule has 4 rings (SSSR count). The normalized spacial score (nSPS) is 14.0. The molecular weight excluding hydrogens is 454 g/mol. The van der Waals surface area contributed by atoms with Gasteiger partial charge in [0.25, 0.3) is 5.91 Å². The number of rotatable bonds is 7. The lowest BCUT2D eigenvalue weighted by molar-refractivity contribution is -0.119. The van der Waals surface area contributed by atoms with Crippen LogP contribution in [0.25, 0.3) is 0 Å². The van der Waals surface area contributed by atoms with Gasteiger partial charge in [-0.15, -0.1) is 6.58 Å². The number of carbonyl (C=O) groups is 2. The van der Waals surface area contributed by atoms with E-state index in [4.69, 9.17) is 0 Å². The molecule has 0 saturated heterocycles. The van der Waals surface area contributed by atoms with Crippen molar-refractivity contribution in [1.82, 2.24) is 20.3 Å². The summed E-state index contributed by atoms with van der Waals surface area (Å²) in [5, 5.41) is 12.1. The van der Waals surface area contributed by atoms with Gasteiger partial charge >= 0.3 is 0 Å². The molecule has 0 fully saturated rings. The zero-order valence-electron chi connectivity index (χ0n) is 21.2. The Morgan fingerprint density at radius 1 is 1.14 bits per heavy atom. The molecule has 0 bridgehead atoms. The van der Waals surface area contributed by atoms with Crippen molar-refractivity contribution in [2.24, 2.45) is 0 Å². The third kappa shape index (κ3) is 5.05. The Kier molecular flexibility index (Phi) is 6.49. The van der Waals surface area contributed by atoms with Crippen LogP contribution in [0.5, 0.6) is 0 Å². The minimum atomic E-state index is -0.585. The standard InChI is InChI=1S/C27H31N7O2.2H2/c1-7-11-29-23(35)18-15-30-25(32-16-8-9-19-20(13-16)33-24(36)27(19,5)6)34-22(18)31-17-10-12-28-21(14-17)26(2,3)4;;/h7-10,12-15H,1,11H2,2-6H3,(H,29,35)(H,33,36)(H2,28,30,31,32,34);2*1H. The molecule has 1 aliphatic rings. The van der Waals surface area contributed by atoms with Gasteiger partial charge in [-0.2, -0.15) is 4.98 Å². The monoisotopic (exact) mass is 489 g/mol. The summed E-state index contributed by atoms with van der Waals surface area (Å²) in [4.78, 5) is 38.5. The molecule has 1 aliphatic heterocycles. The van der Waals surface area contributed by atoms with Gasteiger partial charge in [0.2, 0.25) is 11.9 Å². The van der Waals surface area contributed by atoms with E-state index >= 15 is 0 Å². The summed E-state index contributed by atoms with van der Waals surface area (Å²) < 4.78 is 0. The van der Waals surface area contributed by atoms with E-state index < -0.39 is 5.41 Å². The molecule has 0 saturated carbocycles. The first kappa shape index (κ1) is 24.8. The lowest BCUT2D eigenvalue weighted by Crippen LogP contribution is -2.26. The van der Waals surface area contributed by atoms with Crippen molar-refractivity contribution < 1.29 is 12.4 Å². The fourth-order valence-electron chi connectivity index (χ4n) is 3.82. The van der Waals surface area contributed by atoms with Gasteiger partial charge in [-0.3, -0.25) is 14.6 Å². The van der Waals surface area contributed by atoms with Crippen LogP contribution in [0.3, 0.4) is 0 Å². The van der Waals surface area contributed by atoms with Crippen molar-refractivity contribution in [1.29, 1.82) is 0 Å². The third-order valence-corrected chi connectivity index (χ3v) is 6.00. The molecule has 3 aromatic rings. The van der Waals surface area contributed by atoms with Crippen LogP contribution in [-0.4, -0.2) is 33.3 Å². The van der Waals surface area contributed by atoms with Crippen LogP contribution in [0.4, 0.5) is 28.8 Å². The summed E-state index contributed by atoms with van der Waals surface area (Å²) in [6.07, 6.45) is 4.80. The smallest absolute Gasteiger partial charge is 0.256 e. The van der Waals surface area contributed by atoms with E-state index in [2.05, 4.69) is 63.6 Å². The summed E-state index contributed by atoms with van der Waals surface area (Å²) in [6, 6.07) is 9.39. The van der Waals surface area contributed by atoms with Crippen LogP contribution < -0.4 is 21.3 Å². The summed E-state index contributed by atoms with van der Waals surface area (Å²) >= 11 is 0. The van der Waals surface area contributed by atoms with E-state index in [0.29, 0.717) is 29.6 Å². The lowest BCUT2D eigenvalue weighted by Gasteiger charge is -2.19. The highest BCUT2D eigenvalue weighted by Crippen LogP contribution is 2.39. The topological polar surface area (TPSA) is 121 Å². The van der Waals surface area contributed by atoms with Crippen molar-refractivity contribution in [3.05, 3.63) is 72.2 Å². The minimum absolute atomic E-state index is 0. The van der Waals surface area contributed by atoms with Gasteiger partial charge < -0.3 is 21.3 Å². The number of fused-ring (bicyclic) bond motifs is 1. The first-order valence-corrected chi connectivity index (χ1v) is 11.7. The Balaban J connectivity index is 0.00000253. The van der Waals surface area contributed by atoms with Gasteiger partial charge in [0.1, 0.15) is 11.4 Å². The third-order valence-electron chi connectivity index (χ3n) is 6.00. The van der Waals surface area contributed by atoms with Gasteiger partial charge in [-0.05, 0) is 43.7 Å². The second kappa shape index (κ2) is 9.41. The van der Waals surface area contributed by atoms with E-state index in [0.717, 1.165) is 22.6 Å². The molecule has 9 nitrogen and oxygen atoms in total. The predicted molar refractivity (Wildman–Crippen MR) is 146 cm³/mol. The number of pyridine rings is 1. The van der Waals surface area contributed by atoms with Gasteiger partial charge in [0, 0.05) is 50.0 Å². The maximum atomic E-state index is 12.8. The number of nitrogens with one attached hydrogen (secondary N) is 4. The Morgan fingerprint density at radius 3 is 2.61 bits per heavy atom. The minimum Gasteiger partial charge on any atom is -0.348 e. The second-order valence-electron chi connectivity index (χ2n) is 10.2. The molecule has 0 spiro atoms. The molecule has 2 aromatic heterocycles. The number of anilines is 5. The van der Waals surface area contributed by atoms with Crippen LogP contribution in [0, 0.1) is 0 Å². The quantitative estimate of drug-likeness (QED) is 0.333. The number of amides is 2. The highest BCUT2D eigenvalue weighted by atomic mass is 16.2. The van der Waals surface area contributed by atoms with Gasteiger partial charge in [-0.1, -0.05) is 32.9 Å². The number of nitrogens with zero attached hydrogens (tertiary/aromatic N) is 3. The van der Waals surface area contributed by atoms with E-state index in [1.807, 2.05) is 44.2 Å². The largest absolute Gasteiger partial charge is 0.348 e. The van der Waals surface area contributed by atoms with Crippen molar-refractivity contribution in [3.8, 4) is 0 Å². The molecule has 0 radical (unpaired) electrons. The van der Waals surface area contributed by atoms with Crippen molar-refractivity contribution >= 4 is 40.6 Å². The zero-order valence-corrected chi connectivity index (χ0v) is 21.2. The first-order valence-electron chi connectivity index (χ1n) is 11.7. The fraction of sp³-hybridized carbons (Fsp3) is 0.296. The molecular formula is C27H35N7O2. The first-order chi connectivity index (χ1) is 17.0. The highest BCUT2D eigenvalue weighted by molar-refractivity contribution is 6.06. The van der Waals surface area contributed by atoms with Gasteiger partial charge in [0.05, 0.1) is 5.41 Å². The lowest BCUT2D eigenvalue weighted by atomic mass is 9.86. The fourth-order valence-corrected chi connectivity index (χ4v) is 3.82. The van der Waals surface area contributed by atoms with E-state index in [9.17, 15) is 9.59 Å². The van der Waals surface area contributed by atoms with Crippen LogP contribution >= 0.6 is 0 Å². The predicted octanol–water partition coefficient (Wildman–Crippen LogP) is 5.29. The number of benzene rings is 1. The summed E-state index contributed by atoms with van der Waals surface area (Å²) in [6.45, 7) is 14.0. The Bertz CT molecular complexity index is 1350. The Labute approximate surface area is 213 Å². The molecule has 3 heterocycles.